The molecule has 0 atom stereocenters. The van der Waals surface area contributed by atoms with Crippen molar-refractivity contribution < 1.29 is 4.79 Å². The summed E-state index contributed by atoms with van der Waals surface area (Å²) in [5.41, 5.74) is 4.78. The number of imidazole rings is 1. The van der Waals surface area contributed by atoms with Gasteiger partial charge in [0.2, 0.25) is 0 Å². The minimum atomic E-state index is 0.00903. The highest BCUT2D eigenvalue weighted by Gasteiger charge is 2.13. The maximum Gasteiger partial charge on any atom is 0.253 e. The van der Waals surface area contributed by atoms with Gasteiger partial charge in [-0.25, -0.2) is 4.98 Å². The van der Waals surface area contributed by atoms with E-state index in [0.29, 0.717) is 12.1 Å². The van der Waals surface area contributed by atoms with E-state index in [0.717, 1.165) is 16.6 Å². The normalized spacial score (nSPS) is 10.8. The van der Waals surface area contributed by atoms with Crippen molar-refractivity contribution in [3.8, 4) is 0 Å². The zero-order chi connectivity index (χ0) is 14.8. The van der Waals surface area contributed by atoms with Crippen LogP contribution < -0.4 is 0 Å². The number of aromatic amines is 1. The van der Waals surface area contributed by atoms with Crippen LogP contribution in [0.25, 0.3) is 11.0 Å². The standard InChI is InChI=1S/C17H17N3O/c1-12-5-3-4-6-14(12)10-20(2)17(21)13-7-8-15-16(9-13)19-11-18-15/h3-9,11H,10H2,1-2H3,(H,18,19). The zero-order valence-corrected chi connectivity index (χ0v) is 12.1. The van der Waals surface area contributed by atoms with Crippen molar-refractivity contribution in [3.05, 3.63) is 65.5 Å². The molecule has 1 amide bonds. The van der Waals surface area contributed by atoms with Gasteiger partial charge in [-0.05, 0) is 36.2 Å². The number of carbonyl (C=O) groups is 1. The number of amides is 1. The van der Waals surface area contributed by atoms with Gasteiger partial charge in [-0.1, -0.05) is 24.3 Å². The number of benzene rings is 2. The van der Waals surface area contributed by atoms with Gasteiger partial charge in [0.25, 0.3) is 5.91 Å². The predicted octanol–water partition coefficient (Wildman–Crippen LogP) is 3.14. The third kappa shape index (κ3) is 2.65. The number of nitrogens with one attached hydrogen (secondary N) is 1. The van der Waals surface area contributed by atoms with Gasteiger partial charge in [-0.3, -0.25) is 4.79 Å². The lowest BCUT2D eigenvalue weighted by Gasteiger charge is -2.18. The van der Waals surface area contributed by atoms with Crippen LogP contribution >= 0.6 is 0 Å². The number of aromatic nitrogens is 2. The van der Waals surface area contributed by atoms with E-state index in [4.69, 9.17) is 0 Å². The second kappa shape index (κ2) is 5.40. The van der Waals surface area contributed by atoms with Gasteiger partial charge in [0.1, 0.15) is 0 Å². The van der Waals surface area contributed by atoms with Crippen molar-refractivity contribution in [2.45, 2.75) is 13.5 Å². The number of H-pyrrole nitrogens is 1. The van der Waals surface area contributed by atoms with Crippen molar-refractivity contribution in [1.82, 2.24) is 14.9 Å². The lowest BCUT2D eigenvalue weighted by Crippen LogP contribution is -2.26. The molecule has 0 aliphatic rings. The van der Waals surface area contributed by atoms with Crippen molar-refractivity contribution in [2.24, 2.45) is 0 Å². The third-order valence-corrected chi connectivity index (χ3v) is 3.68. The number of carbonyl (C=O) groups excluding carboxylic acids is 1. The minimum absolute atomic E-state index is 0.00903. The fraction of sp³-hybridized carbons (Fsp3) is 0.176. The molecule has 0 saturated heterocycles. The predicted molar refractivity (Wildman–Crippen MR) is 83.1 cm³/mol. The number of hydrogen-bond donors (Lipinski definition) is 1. The number of aryl methyl sites for hydroxylation is 1. The highest BCUT2D eigenvalue weighted by atomic mass is 16.2. The molecule has 4 heteroatoms. The van der Waals surface area contributed by atoms with Gasteiger partial charge in [-0.15, -0.1) is 0 Å². The Morgan fingerprint density at radius 1 is 1.24 bits per heavy atom. The molecule has 0 saturated carbocycles. The maximum atomic E-state index is 12.5. The molecule has 0 unspecified atom stereocenters. The van der Waals surface area contributed by atoms with Crippen LogP contribution in [0.3, 0.4) is 0 Å². The Morgan fingerprint density at radius 2 is 2.05 bits per heavy atom. The van der Waals surface area contributed by atoms with E-state index in [9.17, 15) is 4.79 Å². The quantitative estimate of drug-likeness (QED) is 0.800. The summed E-state index contributed by atoms with van der Waals surface area (Å²) in [4.78, 5) is 21.4. The molecule has 106 valence electrons. The highest BCUT2D eigenvalue weighted by molar-refractivity contribution is 5.97. The molecule has 2 aromatic carbocycles. The second-order valence-corrected chi connectivity index (χ2v) is 5.22. The molecule has 0 aliphatic carbocycles. The summed E-state index contributed by atoms with van der Waals surface area (Å²) in [7, 11) is 1.83. The van der Waals surface area contributed by atoms with Crippen LogP contribution in [0.1, 0.15) is 21.5 Å². The zero-order valence-electron chi connectivity index (χ0n) is 12.1. The Labute approximate surface area is 123 Å². The van der Waals surface area contributed by atoms with Crippen LogP contribution in [0.5, 0.6) is 0 Å². The molecule has 1 aromatic heterocycles. The van der Waals surface area contributed by atoms with Gasteiger partial charge < -0.3 is 9.88 Å². The summed E-state index contributed by atoms with van der Waals surface area (Å²) in [6, 6.07) is 13.6. The topological polar surface area (TPSA) is 49.0 Å². The Kier molecular flexibility index (Phi) is 3.44. The fourth-order valence-corrected chi connectivity index (χ4v) is 2.40. The van der Waals surface area contributed by atoms with E-state index in [1.165, 1.54) is 5.56 Å². The highest BCUT2D eigenvalue weighted by Crippen LogP contribution is 2.15. The first-order valence-electron chi connectivity index (χ1n) is 6.88. The molecular formula is C17H17N3O. The molecule has 4 nitrogen and oxygen atoms in total. The van der Waals surface area contributed by atoms with E-state index in [1.54, 1.807) is 11.2 Å². The van der Waals surface area contributed by atoms with Crippen LogP contribution in [-0.4, -0.2) is 27.8 Å². The summed E-state index contributed by atoms with van der Waals surface area (Å²) in [6.07, 6.45) is 1.63. The molecule has 0 spiro atoms. The van der Waals surface area contributed by atoms with Crippen molar-refractivity contribution in [1.29, 1.82) is 0 Å². The average Bonchev–Trinajstić information content (AvgIpc) is 2.96. The Morgan fingerprint density at radius 3 is 2.86 bits per heavy atom. The smallest absolute Gasteiger partial charge is 0.253 e. The van der Waals surface area contributed by atoms with Crippen LogP contribution in [-0.2, 0) is 6.54 Å². The first-order chi connectivity index (χ1) is 10.1. The average molecular weight is 279 g/mol. The van der Waals surface area contributed by atoms with Crippen LogP contribution in [0.15, 0.2) is 48.8 Å². The summed E-state index contributed by atoms with van der Waals surface area (Å²) >= 11 is 0. The molecule has 0 aliphatic heterocycles. The summed E-state index contributed by atoms with van der Waals surface area (Å²) in [5, 5.41) is 0. The molecular weight excluding hydrogens is 262 g/mol. The van der Waals surface area contributed by atoms with Crippen molar-refractivity contribution >= 4 is 16.9 Å². The van der Waals surface area contributed by atoms with Gasteiger partial charge in [-0.2, -0.15) is 0 Å². The minimum Gasteiger partial charge on any atom is -0.345 e. The molecule has 21 heavy (non-hydrogen) atoms. The third-order valence-electron chi connectivity index (χ3n) is 3.68. The van der Waals surface area contributed by atoms with Gasteiger partial charge in [0.15, 0.2) is 0 Å². The Hall–Kier alpha value is -2.62. The van der Waals surface area contributed by atoms with Gasteiger partial charge in [0, 0.05) is 19.2 Å². The number of nitrogens with zero attached hydrogens (tertiary/aromatic N) is 2. The lowest BCUT2D eigenvalue weighted by molar-refractivity contribution is 0.0785. The molecule has 3 aromatic rings. The number of hydrogen-bond acceptors (Lipinski definition) is 2. The molecule has 0 radical (unpaired) electrons. The van der Waals surface area contributed by atoms with Gasteiger partial charge >= 0.3 is 0 Å². The largest absolute Gasteiger partial charge is 0.345 e. The van der Waals surface area contributed by atoms with E-state index in [2.05, 4.69) is 29.0 Å². The van der Waals surface area contributed by atoms with Crippen LogP contribution in [0.4, 0.5) is 0 Å². The molecule has 1 heterocycles. The molecule has 3 rings (SSSR count). The summed E-state index contributed by atoms with van der Waals surface area (Å²) < 4.78 is 0. The number of fused-ring (bicyclic) bond motifs is 1. The lowest BCUT2D eigenvalue weighted by atomic mass is 10.1. The van der Waals surface area contributed by atoms with E-state index in [1.807, 2.05) is 37.4 Å². The van der Waals surface area contributed by atoms with E-state index < -0.39 is 0 Å². The first-order valence-corrected chi connectivity index (χ1v) is 6.88. The molecule has 1 N–H and O–H groups in total. The number of rotatable bonds is 3. The monoisotopic (exact) mass is 279 g/mol. The van der Waals surface area contributed by atoms with Crippen molar-refractivity contribution in [2.75, 3.05) is 7.05 Å². The SMILES string of the molecule is Cc1ccccc1CN(C)C(=O)c1ccc2nc[nH]c2c1. The van der Waals surface area contributed by atoms with Gasteiger partial charge in [0.05, 0.1) is 17.4 Å². The Balaban J connectivity index is 1.82. The van der Waals surface area contributed by atoms with Crippen LogP contribution in [0.2, 0.25) is 0 Å². The summed E-state index contributed by atoms with van der Waals surface area (Å²) in [5.74, 6) is 0.00903. The Bertz CT molecular complexity index is 791. The summed E-state index contributed by atoms with van der Waals surface area (Å²) in [6.45, 7) is 2.66. The maximum absolute atomic E-state index is 12.5. The molecule has 0 fully saturated rings. The van der Waals surface area contributed by atoms with Crippen molar-refractivity contribution in [3.63, 3.8) is 0 Å². The fourth-order valence-electron chi connectivity index (χ4n) is 2.40. The first kappa shape index (κ1) is 13.4. The second-order valence-electron chi connectivity index (χ2n) is 5.22. The van der Waals surface area contributed by atoms with E-state index >= 15 is 0 Å². The molecule has 0 bridgehead atoms. The van der Waals surface area contributed by atoms with E-state index in [-0.39, 0.29) is 5.91 Å². The van der Waals surface area contributed by atoms with Crippen LogP contribution in [0, 0.1) is 6.92 Å².